The molecule has 0 spiro atoms. The molecule has 0 saturated heterocycles. The minimum atomic E-state index is -0.441. The van der Waals surface area contributed by atoms with Gasteiger partial charge >= 0.3 is 0 Å². The smallest absolute Gasteiger partial charge is 0.0741 e. The molecule has 1 fully saturated rings. The van der Waals surface area contributed by atoms with Gasteiger partial charge in [-0.3, -0.25) is 0 Å². The third-order valence-corrected chi connectivity index (χ3v) is 5.31. The SMILES string of the molecule is COCCNCc1ccc(SCC2(O)CCCCC2)cc1. The Hall–Kier alpha value is -0.550. The van der Waals surface area contributed by atoms with Gasteiger partial charge in [0.05, 0.1) is 12.2 Å². The van der Waals surface area contributed by atoms with E-state index in [1.807, 2.05) is 0 Å². The van der Waals surface area contributed by atoms with Crippen molar-refractivity contribution in [3.63, 3.8) is 0 Å². The van der Waals surface area contributed by atoms with Crippen molar-refractivity contribution < 1.29 is 9.84 Å². The Morgan fingerprint density at radius 2 is 1.90 bits per heavy atom. The van der Waals surface area contributed by atoms with E-state index in [2.05, 4.69) is 29.6 Å². The first kappa shape index (κ1) is 16.8. The van der Waals surface area contributed by atoms with E-state index in [-0.39, 0.29) is 0 Å². The predicted molar refractivity (Wildman–Crippen MR) is 88.8 cm³/mol. The van der Waals surface area contributed by atoms with Crippen molar-refractivity contribution in [3.8, 4) is 0 Å². The summed E-state index contributed by atoms with van der Waals surface area (Å²) < 4.78 is 5.01. The molecule has 1 aliphatic carbocycles. The van der Waals surface area contributed by atoms with Gasteiger partial charge < -0.3 is 15.2 Å². The van der Waals surface area contributed by atoms with Gasteiger partial charge in [-0.1, -0.05) is 31.4 Å². The molecule has 1 aromatic carbocycles. The maximum absolute atomic E-state index is 10.5. The van der Waals surface area contributed by atoms with Crippen LogP contribution in [0.25, 0.3) is 0 Å². The molecule has 0 heterocycles. The zero-order chi connectivity index (χ0) is 15.0. The molecular weight excluding hydrogens is 282 g/mol. The zero-order valence-electron chi connectivity index (χ0n) is 12.9. The summed E-state index contributed by atoms with van der Waals surface area (Å²) >= 11 is 1.78. The first-order valence-electron chi connectivity index (χ1n) is 7.86. The van der Waals surface area contributed by atoms with Crippen molar-refractivity contribution >= 4 is 11.8 Å². The summed E-state index contributed by atoms with van der Waals surface area (Å²) in [4.78, 5) is 1.25. The summed E-state index contributed by atoms with van der Waals surface area (Å²) in [6.07, 6.45) is 5.53. The number of ether oxygens (including phenoxy) is 1. The Labute approximate surface area is 132 Å². The molecule has 1 saturated carbocycles. The Balaban J connectivity index is 1.74. The molecule has 0 radical (unpaired) electrons. The minimum absolute atomic E-state index is 0.441. The third kappa shape index (κ3) is 5.99. The molecule has 0 aromatic heterocycles. The summed E-state index contributed by atoms with van der Waals surface area (Å²) in [6.45, 7) is 2.49. The van der Waals surface area contributed by atoms with E-state index in [0.29, 0.717) is 0 Å². The van der Waals surface area contributed by atoms with Crippen LogP contribution in [0.15, 0.2) is 29.2 Å². The van der Waals surface area contributed by atoms with Crippen LogP contribution in [0.1, 0.15) is 37.7 Å². The highest BCUT2D eigenvalue weighted by atomic mass is 32.2. The monoisotopic (exact) mass is 309 g/mol. The number of methoxy groups -OCH3 is 1. The summed E-state index contributed by atoms with van der Waals surface area (Å²) in [5.41, 5.74) is 0.843. The van der Waals surface area contributed by atoms with Crippen LogP contribution in [0.5, 0.6) is 0 Å². The summed E-state index contributed by atoms with van der Waals surface area (Å²) in [5, 5.41) is 13.9. The molecule has 0 bridgehead atoms. The minimum Gasteiger partial charge on any atom is -0.389 e. The highest BCUT2D eigenvalue weighted by Crippen LogP contribution is 2.33. The van der Waals surface area contributed by atoms with Gasteiger partial charge in [0, 0.05) is 30.8 Å². The fraction of sp³-hybridized carbons (Fsp3) is 0.647. The fourth-order valence-corrected chi connectivity index (χ4v) is 3.73. The van der Waals surface area contributed by atoms with Gasteiger partial charge in [-0.25, -0.2) is 0 Å². The van der Waals surface area contributed by atoms with Crippen molar-refractivity contribution in [2.45, 2.75) is 49.1 Å². The maximum Gasteiger partial charge on any atom is 0.0741 e. The third-order valence-electron chi connectivity index (χ3n) is 4.03. The first-order valence-corrected chi connectivity index (χ1v) is 8.84. The number of aliphatic hydroxyl groups is 1. The summed E-state index contributed by atoms with van der Waals surface area (Å²) in [6, 6.07) is 8.63. The van der Waals surface area contributed by atoms with Crippen molar-refractivity contribution in [3.05, 3.63) is 29.8 Å². The number of benzene rings is 1. The quantitative estimate of drug-likeness (QED) is 0.571. The Morgan fingerprint density at radius 3 is 2.57 bits per heavy atom. The van der Waals surface area contributed by atoms with Gasteiger partial charge in [-0.05, 0) is 30.5 Å². The molecule has 118 valence electrons. The second-order valence-corrected chi connectivity index (χ2v) is 6.94. The lowest BCUT2D eigenvalue weighted by Gasteiger charge is -2.31. The maximum atomic E-state index is 10.5. The normalized spacial score (nSPS) is 17.8. The number of nitrogens with one attached hydrogen (secondary N) is 1. The Kier molecular flexibility index (Phi) is 7.04. The second kappa shape index (κ2) is 8.79. The average Bonchev–Trinajstić information content (AvgIpc) is 2.52. The Bertz CT molecular complexity index is 402. The van der Waals surface area contributed by atoms with Crippen molar-refractivity contribution in [2.24, 2.45) is 0 Å². The molecule has 1 aliphatic rings. The van der Waals surface area contributed by atoms with Gasteiger partial charge in [0.2, 0.25) is 0 Å². The molecule has 3 nitrogen and oxygen atoms in total. The van der Waals surface area contributed by atoms with E-state index in [9.17, 15) is 5.11 Å². The van der Waals surface area contributed by atoms with Crippen molar-refractivity contribution in [1.29, 1.82) is 0 Å². The molecule has 0 atom stereocenters. The number of hydrogen-bond acceptors (Lipinski definition) is 4. The molecule has 2 N–H and O–H groups in total. The van der Waals surface area contributed by atoms with Crippen molar-refractivity contribution in [2.75, 3.05) is 26.0 Å². The average molecular weight is 309 g/mol. The fourth-order valence-electron chi connectivity index (χ4n) is 2.68. The van der Waals surface area contributed by atoms with Gasteiger partial charge in [-0.2, -0.15) is 0 Å². The highest BCUT2D eigenvalue weighted by Gasteiger charge is 2.28. The molecule has 2 rings (SSSR count). The van der Waals surface area contributed by atoms with Crippen LogP contribution in [0.3, 0.4) is 0 Å². The number of rotatable bonds is 8. The lowest BCUT2D eigenvalue weighted by molar-refractivity contribution is 0.0273. The van der Waals surface area contributed by atoms with Gasteiger partial charge in [0.25, 0.3) is 0 Å². The summed E-state index contributed by atoms with van der Waals surface area (Å²) in [5.74, 6) is 0.818. The molecule has 0 aliphatic heterocycles. The van der Waals surface area contributed by atoms with Gasteiger partial charge in [0.15, 0.2) is 0 Å². The van der Waals surface area contributed by atoms with Gasteiger partial charge in [0.1, 0.15) is 0 Å². The molecular formula is C17H27NO2S. The van der Waals surface area contributed by atoms with Crippen molar-refractivity contribution in [1.82, 2.24) is 5.32 Å². The predicted octanol–water partition coefficient (Wildman–Crippen LogP) is 3.21. The van der Waals surface area contributed by atoms with E-state index in [1.54, 1.807) is 18.9 Å². The van der Waals surface area contributed by atoms with E-state index in [4.69, 9.17) is 4.74 Å². The van der Waals surface area contributed by atoms with E-state index in [0.717, 1.165) is 38.3 Å². The largest absolute Gasteiger partial charge is 0.389 e. The van der Waals surface area contributed by atoms with Crippen LogP contribution in [0, 0.1) is 0 Å². The van der Waals surface area contributed by atoms with Crippen LogP contribution in [0.2, 0.25) is 0 Å². The zero-order valence-corrected chi connectivity index (χ0v) is 13.8. The van der Waals surface area contributed by atoms with Gasteiger partial charge in [-0.15, -0.1) is 11.8 Å². The standard InChI is InChI=1S/C17H27NO2S/c1-20-12-11-18-13-15-5-7-16(8-6-15)21-14-17(19)9-3-2-4-10-17/h5-8,18-19H,2-4,9-14H2,1H3. The van der Waals surface area contributed by atoms with Crippen LogP contribution < -0.4 is 5.32 Å². The number of hydrogen-bond donors (Lipinski definition) is 2. The molecule has 0 amide bonds. The topological polar surface area (TPSA) is 41.5 Å². The lowest BCUT2D eigenvalue weighted by Crippen LogP contribution is -2.33. The summed E-state index contributed by atoms with van der Waals surface area (Å²) in [7, 11) is 1.72. The van der Waals surface area contributed by atoms with Crippen LogP contribution >= 0.6 is 11.8 Å². The highest BCUT2D eigenvalue weighted by molar-refractivity contribution is 7.99. The van der Waals surface area contributed by atoms with E-state index in [1.165, 1.54) is 29.7 Å². The number of thioether (sulfide) groups is 1. The van der Waals surface area contributed by atoms with Crippen LogP contribution in [-0.4, -0.2) is 36.7 Å². The molecule has 1 aromatic rings. The van der Waals surface area contributed by atoms with Crippen LogP contribution in [0.4, 0.5) is 0 Å². The molecule has 21 heavy (non-hydrogen) atoms. The van der Waals surface area contributed by atoms with Crippen LogP contribution in [-0.2, 0) is 11.3 Å². The second-order valence-electron chi connectivity index (χ2n) is 5.89. The lowest BCUT2D eigenvalue weighted by atomic mass is 9.86. The molecule has 0 unspecified atom stereocenters. The first-order chi connectivity index (χ1) is 10.2. The van der Waals surface area contributed by atoms with E-state index >= 15 is 0 Å². The molecule has 4 heteroatoms. The van der Waals surface area contributed by atoms with E-state index < -0.39 is 5.60 Å². The Morgan fingerprint density at radius 1 is 1.19 bits per heavy atom.